The van der Waals surface area contributed by atoms with Crippen LogP contribution in [0.25, 0.3) is 0 Å². The van der Waals surface area contributed by atoms with E-state index in [0.717, 1.165) is 25.7 Å². The minimum Gasteiger partial charge on any atom is -0.290 e. The van der Waals surface area contributed by atoms with Gasteiger partial charge in [-0.25, -0.2) is 0 Å². The normalized spacial score (nSPS) is 25.8. The molecule has 0 aromatic carbocycles. The summed E-state index contributed by atoms with van der Waals surface area (Å²) in [5.41, 5.74) is -0.563. The zero-order valence-corrected chi connectivity index (χ0v) is 11.0. The maximum Gasteiger partial charge on any atom is 0.247 e. The molecule has 2 amide bonds. The molecule has 98 valence electrons. The predicted octanol–water partition coefficient (Wildman–Crippen LogP) is 1.06. The van der Waals surface area contributed by atoms with E-state index >= 15 is 0 Å². The lowest BCUT2D eigenvalue weighted by atomic mass is 10.0. The highest BCUT2D eigenvalue weighted by Gasteiger charge is 2.44. The lowest BCUT2D eigenvalue weighted by Crippen LogP contribution is -2.49. The van der Waals surface area contributed by atoms with Gasteiger partial charge < -0.3 is 0 Å². The second-order valence-electron chi connectivity index (χ2n) is 5.71. The Kier molecular flexibility index (Phi) is 3.45. The molecule has 0 spiro atoms. The van der Waals surface area contributed by atoms with E-state index in [1.807, 2.05) is 13.8 Å². The van der Waals surface area contributed by atoms with Gasteiger partial charge in [-0.05, 0) is 26.7 Å². The van der Waals surface area contributed by atoms with Crippen molar-refractivity contribution >= 4 is 11.8 Å². The number of amides is 2. The van der Waals surface area contributed by atoms with Crippen LogP contribution in [0.5, 0.6) is 0 Å². The number of rotatable bonds is 3. The van der Waals surface area contributed by atoms with Gasteiger partial charge in [0.05, 0.1) is 18.0 Å². The first-order chi connectivity index (χ1) is 8.44. The minimum atomic E-state index is -0.563. The summed E-state index contributed by atoms with van der Waals surface area (Å²) in [6, 6.07) is -0.338. The highest BCUT2D eigenvalue weighted by Crippen LogP contribution is 2.28. The second-order valence-corrected chi connectivity index (χ2v) is 5.71. The van der Waals surface area contributed by atoms with Gasteiger partial charge in [0, 0.05) is 6.04 Å². The van der Waals surface area contributed by atoms with Crippen molar-refractivity contribution in [3.63, 3.8) is 0 Å². The van der Waals surface area contributed by atoms with Crippen LogP contribution < -0.4 is 5.32 Å². The van der Waals surface area contributed by atoms with Gasteiger partial charge in [-0.3, -0.25) is 19.8 Å². The molecule has 1 aliphatic carbocycles. The third-order valence-corrected chi connectivity index (χ3v) is 3.77. The fourth-order valence-electron chi connectivity index (χ4n) is 2.79. The van der Waals surface area contributed by atoms with Crippen LogP contribution in [0.4, 0.5) is 0 Å². The van der Waals surface area contributed by atoms with Gasteiger partial charge in [0.25, 0.3) is 0 Å². The van der Waals surface area contributed by atoms with E-state index in [9.17, 15) is 9.59 Å². The van der Waals surface area contributed by atoms with Gasteiger partial charge in [0.2, 0.25) is 11.8 Å². The molecule has 2 rings (SSSR count). The second kappa shape index (κ2) is 4.74. The topological polar surface area (TPSA) is 49.4 Å². The van der Waals surface area contributed by atoms with Crippen LogP contribution in [0.1, 0.15) is 46.0 Å². The number of carbonyl (C=O) groups excluding carboxylic acids is 2. The average Bonchev–Trinajstić information content (AvgIpc) is 2.89. The zero-order chi connectivity index (χ0) is 13.3. The maximum atomic E-state index is 12.3. The molecular weight excluding hydrogens is 228 g/mol. The zero-order valence-electron chi connectivity index (χ0n) is 11.0. The monoisotopic (exact) mass is 248 g/mol. The summed E-state index contributed by atoms with van der Waals surface area (Å²) in [5.74, 6) is 2.44. The Hall–Kier alpha value is -1.34. The Balaban J connectivity index is 2.07. The fourth-order valence-corrected chi connectivity index (χ4v) is 2.79. The van der Waals surface area contributed by atoms with E-state index in [1.54, 1.807) is 0 Å². The Morgan fingerprint density at radius 3 is 2.50 bits per heavy atom. The first-order valence-electron chi connectivity index (χ1n) is 6.56. The van der Waals surface area contributed by atoms with Crippen molar-refractivity contribution in [3.05, 3.63) is 0 Å². The molecule has 0 bridgehead atoms. The molecule has 1 saturated carbocycles. The molecule has 4 heteroatoms. The van der Waals surface area contributed by atoms with E-state index < -0.39 is 11.6 Å². The summed E-state index contributed by atoms with van der Waals surface area (Å²) in [6.07, 6.45) is 9.74. The molecule has 1 atom stereocenters. The quantitative estimate of drug-likeness (QED) is 0.600. The van der Waals surface area contributed by atoms with Gasteiger partial charge in [0.1, 0.15) is 0 Å². The predicted molar refractivity (Wildman–Crippen MR) is 68.6 cm³/mol. The Labute approximate surface area is 108 Å². The molecule has 0 radical (unpaired) electrons. The molecule has 1 unspecified atom stereocenters. The van der Waals surface area contributed by atoms with Gasteiger partial charge in [-0.2, -0.15) is 0 Å². The minimum absolute atomic E-state index is 0.0581. The Bertz CT molecular complexity index is 403. The van der Waals surface area contributed by atoms with E-state index in [4.69, 9.17) is 6.42 Å². The summed E-state index contributed by atoms with van der Waals surface area (Å²) in [5, 5.41) is 3.09. The summed E-state index contributed by atoms with van der Waals surface area (Å²) < 4.78 is 0. The molecule has 0 aromatic heterocycles. The SMILES string of the molecule is C#CC(C)(C)NC1CC(=O)N(C2CCCC2)C1=O. The van der Waals surface area contributed by atoms with Crippen molar-refractivity contribution in [2.24, 2.45) is 0 Å². The number of carbonyl (C=O) groups is 2. The third-order valence-electron chi connectivity index (χ3n) is 3.77. The fraction of sp³-hybridized carbons (Fsp3) is 0.714. The van der Waals surface area contributed by atoms with E-state index in [2.05, 4.69) is 11.2 Å². The largest absolute Gasteiger partial charge is 0.290 e. The molecule has 2 aliphatic rings. The molecule has 1 aliphatic heterocycles. The number of imide groups is 1. The van der Waals surface area contributed by atoms with Crippen molar-refractivity contribution in [2.45, 2.75) is 63.6 Å². The Morgan fingerprint density at radius 1 is 1.33 bits per heavy atom. The van der Waals surface area contributed by atoms with Crippen LogP contribution in [0.2, 0.25) is 0 Å². The van der Waals surface area contributed by atoms with Crippen LogP contribution in [-0.2, 0) is 9.59 Å². The van der Waals surface area contributed by atoms with Crippen LogP contribution >= 0.6 is 0 Å². The number of nitrogens with zero attached hydrogens (tertiary/aromatic N) is 1. The lowest BCUT2D eigenvalue weighted by Gasteiger charge is -2.25. The van der Waals surface area contributed by atoms with Gasteiger partial charge in [0.15, 0.2) is 0 Å². The highest BCUT2D eigenvalue weighted by molar-refractivity contribution is 6.06. The average molecular weight is 248 g/mol. The first kappa shape index (κ1) is 13.1. The molecule has 18 heavy (non-hydrogen) atoms. The smallest absolute Gasteiger partial charge is 0.247 e. The molecule has 2 fully saturated rings. The van der Waals surface area contributed by atoms with Crippen molar-refractivity contribution in [2.75, 3.05) is 0 Å². The molecule has 1 saturated heterocycles. The van der Waals surface area contributed by atoms with Crippen LogP contribution in [-0.4, -0.2) is 34.3 Å². The van der Waals surface area contributed by atoms with Gasteiger partial charge in [-0.15, -0.1) is 6.42 Å². The molecule has 1 heterocycles. The molecule has 4 nitrogen and oxygen atoms in total. The highest BCUT2D eigenvalue weighted by atomic mass is 16.2. The lowest BCUT2D eigenvalue weighted by molar-refractivity contribution is -0.141. The Morgan fingerprint density at radius 2 is 1.94 bits per heavy atom. The van der Waals surface area contributed by atoms with E-state index in [-0.39, 0.29) is 24.3 Å². The molecular formula is C14H20N2O2. The summed E-state index contributed by atoms with van der Waals surface area (Å²) in [6.45, 7) is 3.67. The van der Waals surface area contributed by atoms with Crippen molar-refractivity contribution < 1.29 is 9.59 Å². The van der Waals surface area contributed by atoms with Crippen LogP contribution in [0.15, 0.2) is 0 Å². The number of terminal acetylenes is 1. The number of likely N-dealkylation sites (tertiary alicyclic amines) is 1. The first-order valence-corrected chi connectivity index (χ1v) is 6.56. The summed E-state index contributed by atoms with van der Waals surface area (Å²) in [7, 11) is 0. The van der Waals surface area contributed by atoms with Crippen molar-refractivity contribution in [3.8, 4) is 12.3 Å². The molecule has 0 aromatic rings. The summed E-state index contributed by atoms with van der Waals surface area (Å²) in [4.78, 5) is 25.7. The molecule has 1 N–H and O–H groups in total. The maximum absolute atomic E-state index is 12.3. The number of hydrogen-bond donors (Lipinski definition) is 1. The third kappa shape index (κ3) is 2.41. The standard InChI is InChI=1S/C14H20N2O2/c1-4-14(2,3)15-11-9-12(17)16(13(11)18)10-7-5-6-8-10/h1,10-11,15H,5-9H2,2-3H3. The summed E-state index contributed by atoms with van der Waals surface area (Å²) >= 11 is 0. The number of hydrogen-bond acceptors (Lipinski definition) is 3. The van der Waals surface area contributed by atoms with E-state index in [1.165, 1.54) is 4.90 Å². The van der Waals surface area contributed by atoms with E-state index in [0.29, 0.717) is 0 Å². The van der Waals surface area contributed by atoms with Crippen LogP contribution in [0, 0.1) is 12.3 Å². The van der Waals surface area contributed by atoms with Crippen LogP contribution in [0.3, 0.4) is 0 Å². The van der Waals surface area contributed by atoms with Crippen molar-refractivity contribution in [1.82, 2.24) is 10.2 Å². The van der Waals surface area contributed by atoms with Gasteiger partial charge in [-0.1, -0.05) is 18.8 Å². The number of nitrogens with one attached hydrogen (secondary N) is 1. The van der Waals surface area contributed by atoms with Crippen molar-refractivity contribution in [1.29, 1.82) is 0 Å². The van der Waals surface area contributed by atoms with Gasteiger partial charge >= 0.3 is 0 Å².